The smallest absolute Gasteiger partial charge is 0.205 e. The Bertz CT molecular complexity index is 574. The van der Waals surface area contributed by atoms with Crippen molar-refractivity contribution in [1.82, 2.24) is 4.98 Å². The zero-order chi connectivity index (χ0) is 12.6. The van der Waals surface area contributed by atoms with Crippen molar-refractivity contribution in [2.24, 2.45) is 11.8 Å². The van der Waals surface area contributed by atoms with Crippen LogP contribution in [0.5, 0.6) is 0 Å². The highest BCUT2D eigenvalue weighted by Gasteiger charge is 2.43. The number of aromatic nitrogens is 1. The number of pyridine rings is 1. The second kappa shape index (κ2) is 3.96. The summed E-state index contributed by atoms with van der Waals surface area (Å²) in [5, 5.41) is 9.64. The van der Waals surface area contributed by atoms with Crippen molar-refractivity contribution >= 4 is 5.69 Å². The molecule has 1 heterocycles. The zero-order valence-electron chi connectivity index (χ0n) is 10.0. The molecule has 3 rings (SSSR count). The Balaban J connectivity index is 2.02. The first kappa shape index (κ1) is 11.0. The van der Waals surface area contributed by atoms with E-state index < -0.39 is 5.41 Å². The summed E-state index contributed by atoms with van der Waals surface area (Å²) in [5.41, 5.74) is 0.982. The van der Waals surface area contributed by atoms with Gasteiger partial charge in [-0.2, -0.15) is 5.26 Å². The van der Waals surface area contributed by atoms with Crippen LogP contribution in [0.25, 0.3) is 4.85 Å². The van der Waals surface area contributed by atoms with E-state index in [2.05, 4.69) is 28.1 Å². The molecule has 3 atom stereocenters. The van der Waals surface area contributed by atoms with Gasteiger partial charge in [0.2, 0.25) is 5.69 Å². The van der Waals surface area contributed by atoms with Crippen molar-refractivity contribution in [3.63, 3.8) is 0 Å². The first-order chi connectivity index (χ1) is 8.75. The highest BCUT2D eigenvalue weighted by Crippen LogP contribution is 2.48. The predicted octanol–water partition coefficient (Wildman–Crippen LogP) is 3.38. The summed E-state index contributed by atoms with van der Waals surface area (Å²) in [7, 11) is 0. The average molecular weight is 235 g/mol. The van der Waals surface area contributed by atoms with Gasteiger partial charge in [0.1, 0.15) is 0 Å². The quantitative estimate of drug-likeness (QED) is 0.553. The third kappa shape index (κ3) is 1.60. The molecule has 1 aromatic heterocycles. The van der Waals surface area contributed by atoms with Crippen LogP contribution in [0.2, 0.25) is 0 Å². The average Bonchev–Trinajstić information content (AvgIpc) is 2.78. The van der Waals surface area contributed by atoms with Crippen LogP contribution in [0.3, 0.4) is 0 Å². The first-order valence-corrected chi connectivity index (χ1v) is 6.18. The van der Waals surface area contributed by atoms with Crippen LogP contribution in [0.4, 0.5) is 5.69 Å². The van der Waals surface area contributed by atoms with Gasteiger partial charge in [-0.3, -0.25) is 4.98 Å². The Morgan fingerprint density at radius 2 is 2.06 bits per heavy atom. The molecule has 1 unspecified atom stereocenters. The molecule has 2 bridgehead atoms. The number of allylic oxidation sites excluding steroid dienone is 2. The molecular weight excluding hydrogens is 222 g/mol. The molecule has 1 saturated carbocycles. The lowest BCUT2D eigenvalue weighted by atomic mass is 9.66. The molecule has 1 aromatic rings. The molecule has 0 radical (unpaired) electrons. The Labute approximate surface area is 107 Å². The zero-order valence-corrected chi connectivity index (χ0v) is 10.0. The molecule has 0 N–H and O–H groups in total. The third-order valence-electron chi connectivity index (χ3n) is 4.10. The van der Waals surface area contributed by atoms with Crippen molar-refractivity contribution in [3.05, 3.63) is 47.6 Å². The number of fused-ring (bicyclic) bond motifs is 2. The lowest BCUT2D eigenvalue weighted by Crippen LogP contribution is -2.32. The molecule has 3 heteroatoms. The van der Waals surface area contributed by atoms with Crippen LogP contribution in [-0.2, 0) is 5.41 Å². The summed E-state index contributed by atoms with van der Waals surface area (Å²) >= 11 is 0. The van der Waals surface area contributed by atoms with Crippen molar-refractivity contribution in [2.75, 3.05) is 0 Å². The maximum atomic E-state index is 9.64. The first-order valence-electron chi connectivity index (χ1n) is 6.18. The topological polar surface area (TPSA) is 41.0 Å². The molecule has 18 heavy (non-hydrogen) atoms. The van der Waals surface area contributed by atoms with E-state index in [4.69, 9.17) is 6.57 Å². The summed E-state index contributed by atoms with van der Waals surface area (Å²) < 4.78 is 0. The Kier molecular flexibility index (Phi) is 2.42. The van der Waals surface area contributed by atoms with Crippen LogP contribution in [0.15, 0.2) is 30.6 Å². The van der Waals surface area contributed by atoms with Gasteiger partial charge < -0.3 is 0 Å². The maximum Gasteiger partial charge on any atom is 0.205 e. The summed E-state index contributed by atoms with van der Waals surface area (Å²) in [5.74, 6) is 1.03. The van der Waals surface area contributed by atoms with E-state index in [1.165, 1.54) is 6.42 Å². The lowest BCUT2D eigenvalue weighted by Gasteiger charge is -2.35. The Morgan fingerprint density at radius 3 is 2.67 bits per heavy atom. The van der Waals surface area contributed by atoms with Gasteiger partial charge in [0.15, 0.2) is 0 Å². The maximum absolute atomic E-state index is 9.64. The predicted molar refractivity (Wildman–Crippen MR) is 67.8 cm³/mol. The molecule has 0 amide bonds. The molecule has 2 aliphatic rings. The van der Waals surface area contributed by atoms with Gasteiger partial charge in [-0.05, 0) is 42.7 Å². The van der Waals surface area contributed by atoms with Crippen LogP contribution in [-0.4, -0.2) is 4.98 Å². The van der Waals surface area contributed by atoms with E-state index in [1.54, 1.807) is 12.4 Å². The minimum absolute atomic E-state index is 0.454. The lowest BCUT2D eigenvalue weighted by molar-refractivity contribution is 0.281. The molecule has 2 aliphatic carbocycles. The van der Waals surface area contributed by atoms with Gasteiger partial charge in [-0.15, -0.1) is 0 Å². The van der Waals surface area contributed by atoms with Gasteiger partial charge in [0.25, 0.3) is 0 Å². The number of hydrogen-bond acceptors (Lipinski definition) is 2. The van der Waals surface area contributed by atoms with Crippen LogP contribution in [0.1, 0.15) is 24.8 Å². The van der Waals surface area contributed by atoms with Crippen molar-refractivity contribution < 1.29 is 0 Å². The van der Waals surface area contributed by atoms with Crippen molar-refractivity contribution in [3.8, 4) is 6.07 Å². The van der Waals surface area contributed by atoms with E-state index in [9.17, 15) is 5.26 Å². The highest BCUT2D eigenvalue weighted by molar-refractivity contribution is 5.48. The van der Waals surface area contributed by atoms with E-state index >= 15 is 0 Å². The van der Waals surface area contributed by atoms with Crippen LogP contribution in [0, 0.1) is 29.7 Å². The fourth-order valence-corrected chi connectivity index (χ4v) is 3.28. The largest absolute Gasteiger partial charge is 0.276 e. The van der Waals surface area contributed by atoms with Gasteiger partial charge in [0.05, 0.1) is 18.1 Å². The Hall–Kier alpha value is -2.13. The van der Waals surface area contributed by atoms with E-state index in [-0.39, 0.29) is 0 Å². The normalized spacial score (nSPS) is 32.8. The molecule has 88 valence electrons. The van der Waals surface area contributed by atoms with Gasteiger partial charge in [-0.1, -0.05) is 12.2 Å². The second-order valence-corrected chi connectivity index (χ2v) is 5.29. The fraction of sp³-hybridized carbons (Fsp3) is 0.400. The minimum Gasteiger partial charge on any atom is -0.276 e. The minimum atomic E-state index is -0.454. The summed E-state index contributed by atoms with van der Waals surface area (Å²) in [6.07, 6.45) is 10.7. The molecule has 0 spiro atoms. The van der Waals surface area contributed by atoms with Crippen LogP contribution >= 0.6 is 0 Å². The number of nitrogens with zero attached hydrogens (tertiary/aromatic N) is 3. The number of hydrogen-bond donors (Lipinski definition) is 0. The Morgan fingerprint density at radius 1 is 1.33 bits per heavy atom. The van der Waals surface area contributed by atoms with Gasteiger partial charge in [-0.25, -0.2) is 4.85 Å². The summed E-state index contributed by atoms with van der Waals surface area (Å²) in [6, 6.07) is 4.33. The molecule has 3 nitrogen and oxygen atoms in total. The molecule has 0 saturated heterocycles. The molecule has 1 fully saturated rings. The van der Waals surface area contributed by atoms with E-state index in [1.807, 2.05) is 6.07 Å². The number of nitriles is 1. The molecular formula is C15H13N3. The second-order valence-electron chi connectivity index (χ2n) is 5.29. The number of rotatable bonds is 1. The van der Waals surface area contributed by atoms with Crippen LogP contribution < -0.4 is 0 Å². The van der Waals surface area contributed by atoms with E-state index in [0.717, 1.165) is 18.4 Å². The van der Waals surface area contributed by atoms with Gasteiger partial charge in [0, 0.05) is 12.4 Å². The fourth-order valence-electron chi connectivity index (χ4n) is 3.28. The molecule has 0 aliphatic heterocycles. The standard InChI is InChI=1S/C15H13N3/c1-17-14-5-13(8-18-9-14)15(10-16)6-11-2-3-12(4-11)7-15/h2-3,5,8-9,11-12H,4,6-7H2/t11-,12+,15?. The molecule has 0 aromatic carbocycles. The SMILES string of the molecule is [C-]#[N+]c1cncc(C2(C#N)C[C@@H]3C=C[C@@H](C3)C2)c1. The van der Waals surface area contributed by atoms with E-state index in [0.29, 0.717) is 17.5 Å². The summed E-state index contributed by atoms with van der Waals surface area (Å²) in [4.78, 5) is 7.52. The highest BCUT2D eigenvalue weighted by atomic mass is 14.7. The van der Waals surface area contributed by atoms with Gasteiger partial charge >= 0.3 is 0 Å². The van der Waals surface area contributed by atoms with Crippen molar-refractivity contribution in [1.29, 1.82) is 5.26 Å². The summed E-state index contributed by atoms with van der Waals surface area (Å²) in [6.45, 7) is 7.06. The van der Waals surface area contributed by atoms with Crippen molar-refractivity contribution in [2.45, 2.75) is 24.7 Å². The third-order valence-corrected chi connectivity index (χ3v) is 4.10. The monoisotopic (exact) mass is 235 g/mol.